The van der Waals surface area contributed by atoms with Crippen LogP contribution in [0.2, 0.25) is 0 Å². The summed E-state index contributed by atoms with van der Waals surface area (Å²) in [6.45, 7) is 1.08. The molecular weight excluding hydrogens is 380 g/mol. The van der Waals surface area contributed by atoms with E-state index in [2.05, 4.69) is 10.1 Å². The van der Waals surface area contributed by atoms with E-state index >= 15 is 0 Å². The van der Waals surface area contributed by atoms with Crippen LogP contribution in [0.1, 0.15) is 40.0 Å². The van der Waals surface area contributed by atoms with Crippen molar-refractivity contribution < 1.29 is 22.7 Å². The number of carbonyl (C=O) groups is 2. The molecular formula is C20H22N2O5S. The summed E-state index contributed by atoms with van der Waals surface area (Å²) >= 11 is 0. The molecule has 1 amide bonds. The number of ether oxygens (including phenoxy) is 1. The molecule has 1 heterocycles. The third-order valence-electron chi connectivity index (χ3n) is 4.61. The molecule has 3 rings (SSSR count). The van der Waals surface area contributed by atoms with Crippen molar-refractivity contribution in [3.8, 4) is 0 Å². The third-order valence-corrected chi connectivity index (χ3v) is 6.52. The predicted octanol–water partition coefficient (Wildman–Crippen LogP) is 2.90. The number of amides is 1. The first-order chi connectivity index (χ1) is 13.4. The Balaban J connectivity index is 1.72. The molecule has 2 aromatic rings. The van der Waals surface area contributed by atoms with Crippen LogP contribution in [0.15, 0.2) is 53.4 Å². The predicted molar refractivity (Wildman–Crippen MR) is 105 cm³/mol. The quantitative estimate of drug-likeness (QED) is 0.777. The molecule has 0 unspecified atom stereocenters. The van der Waals surface area contributed by atoms with Gasteiger partial charge in [-0.1, -0.05) is 12.5 Å². The monoisotopic (exact) mass is 402 g/mol. The van der Waals surface area contributed by atoms with Crippen molar-refractivity contribution in [1.82, 2.24) is 4.31 Å². The van der Waals surface area contributed by atoms with E-state index < -0.39 is 21.9 Å². The van der Waals surface area contributed by atoms with Gasteiger partial charge in [-0.15, -0.1) is 0 Å². The van der Waals surface area contributed by atoms with Gasteiger partial charge in [-0.2, -0.15) is 4.31 Å². The number of methoxy groups -OCH3 is 1. The van der Waals surface area contributed by atoms with Gasteiger partial charge in [-0.3, -0.25) is 4.79 Å². The maximum absolute atomic E-state index is 12.7. The summed E-state index contributed by atoms with van der Waals surface area (Å²) in [6, 6.07) is 12.3. The fourth-order valence-electron chi connectivity index (χ4n) is 3.07. The van der Waals surface area contributed by atoms with Gasteiger partial charge in [0, 0.05) is 24.3 Å². The minimum Gasteiger partial charge on any atom is -0.465 e. The minimum absolute atomic E-state index is 0.208. The Labute approximate surface area is 164 Å². The SMILES string of the molecule is COC(=O)c1cccc(C(=O)Nc2ccc(S(=O)(=O)N3CCCCC3)cc2)c1. The van der Waals surface area contributed by atoms with Crippen LogP contribution < -0.4 is 5.32 Å². The molecule has 0 radical (unpaired) electrons. The normalized spacial score (nSPS) is 15.0. The molecule has 0 bridgehead atoms. The Bertz CT molecular complexity index is 964. The molecule has 1 N–H and O–H groups in total. The average Bonchev–Trinajstić information content (AvgIpc) is 2.74. The Morgan fingerprint density at radius 3 is 2.25 bits per heavy atom. The number of esters is 1. The van der Waals surface area contributed by atoms with Gasteiger partial charge in [0.1, 0.15) is 0 Å². The van der Waals surface area contributed by atoms with E-state index in [-0.39, 0.29) is 10.5 Å². The molecule has 0 aliphatic carbocycles. The van der Waals surface area contributed by atoms with E-state index in [4.69, 9.17) is 0 Å². The molecule has 148 valence electrons. The standard InChI is InChI=1S/C20H22N2O5S/c1-27-20(24)16-7-5-6-15(14-16)19(23)21-17-8-10-18(11-9-17)28(25,26)22-12-3-2-4-13-22/h5-11,14H,2-4,12-13H2,1H3,(H,21,23). The summed E-state index contributed by atoms with van der Waals surface area (Å²) in [5, 5.41) is 2.70. The number of carbonyl (C=O) groups excluding carboxylic acids is 2. The second kappa shape index (κ2) is 8.53. The molecule has 0 aromatic heterocycles. The van der Waals surface area contributed by atoms with Crippen LogP contribution in [0.3, 0.4) is 0 Å². The van der Waals surface area contributed by atoms with E-state index in [1.54, 1.807) is 30.3 Å². The topological polar surface area (TPSA) is 92.8 Å². The Kier molecular flexibility index (Phi) is 6.11. The van der Waals surface area contributed by atoms with Crippen LogP contribution in [-0.4, -0.2) is 44.8 Å². The van der Waals surface area contributed by atoms with Crippen molar-refractivity contribution in [2.45, 2.75) is 24.2 Å². The lowest BCUT2D eigenvalue weighted by Crippen LogP contribution is -2.35. The zero-order valence-corrected chi connectivity index (χ0v) is 16.4. The number of nitrogens with one attached hydrogen (secondary N) is 1. The van der Waals surface area contributed by atoms with Crippen molar-refractivity contribution >= 4 is 27.6 Å². The van der Waals surface area contributed by atoms with E-state index in [9.17, 15) is 18.0 Å². The Morgan fingerprint density at radius 1 is 0.964 bits per heavy atom. The number of rotatable bonds is 5. The molecule has 1 fully saturated rings. The molecule has 8 heteroatoms. The van der Waals surface area contributed by atoms with Crippen molar-refractivity contribution in [1.29, 1.82) is 0 Å². The highest BCUT2D eigenvalue weighted by Gasteiger charge is 2.25. The first-order valence-corrected chi connectivity index (χ1v) is 10.5. The number of piperidine rings is 1. The summed E-state index contributed by atoms with van der Waals surface area (Å²) in [7, 11) is -2.24. The first kappa shape index (κ1) is 20.0. The van der Waals surface area contributed by atoms with Gasteiger partial charge in [0.2, 0.25) is 10.0 Å². The Hall–Kier alpha value is -2.71. The summed E-state index contributed by atoms with van der Waals surface area (Å²) in [6.07, 6.45) is 2.80. The third kappa shape index (κ3) is 4.40. The summed E-state index contributed by atoms with van der Waals surface area (Å²) < 4.78 is 31.5. The van der Waals surface area contributed by atoms with Gasteiger partial charge >= 0.3 is 5.97 Å². The molecule has 28 heavy (non-hydrogen) atoms. The van der Waals surface area contributed by atoms with Crippen molar-refractivity contribution in [2.24, 2.45) is 0 Å². The summed E-state index contributed by atoms with van der Waals surface area (Å²) in [5.74, 6) is -0.931. The number of anilines is 1. The highest BCUT2D eigenvalue weighted by Crippen LogP contribution is 2.22. The van der Waals surface area contributed by atoms with E-state index in [0.717, 1.165) is 19.3 Å². The lowest BCUT2D eigenvalue weighted by Gasteiger charge is -2.25. The zero-order valence-electron chi connectivity index (χ0n) is 15.6. The largest absolute Gasteiger partial charge is 0.465 e. The van der Waals surface area contributed by atoms with Gasteiger partial charge in [0.05, 0.1) is 17.6 Å². The smallest absolute Gasteiger partial charge is 0.337 e. The van der Waals surface area contributed by atoms with Crippen LogP contribution in [0, 0.1) is 0 Å². The van der Waals surface area contributed by atoms with Gasteiger partial charge in [-0.25, -0.2) is 13.2 Å². The molecule has 1 aliphatic heterocycles. The second-order valence-corrected chi connectivity index (χ2v) is 8.45. The first-order valence-electron chi connectivity index (χ1n) is 9.02. The summed E-state index contributed by atoms with van der Waals surface area (Å²) in [4.78, 5) is 24.2. The van der Waals surface area contributed by atoms with Gasteiger partial charge in [0.15, 0.2) is 0 Å². The number of nitrogens with zero attached hydrogens (tertiary/aromatic N) is 1. The lowest BCUT2D eigenvalue weighted by molar-refractivity contribution is 0.0600. The van der Waals surface area contributed by atoms with Crippen LogP contribution >= 0.6 is 0 Å². The van der Waals surface area contributed by atoms with Crippen LogP contribution in [0.25, 0.3) is 0 Å². The summed E-state index contributed by atoms with van der Waals surface area (Å²) in [5.41, 5.74) is 1.04. The van der Waals surface area contributed by atoms with Crippen LogP contribution in [0.5, 0.6) is 0 Å². The fourth-order valence-corrected chi connectivity index (χ4v) is 4.59. The van der Waals surface area contributed by atoms with Crippen molar-refractivity contribution in [3.05, 3.63) is 59.7 Å². The van der Waals surface area contributed by atoms with E-state index in [1.807, 2.05) is 0 Å². The molecule has 0 atom stereocenters. The van der Waals surface area contributed by atoms with E-state index in [1.165, 1.54) is 29.6 Å². The highest BCUT2D eigenvalue weighted by molar-refractivity contribution is 7.89. The number of sulfonamides is 1. The molecule has 0 saturated carbocycles. The van der Waals surface area contributed by atoms with Crippen molar-refractivity contribution in [3.63, 3.8) is 0 Å². The molecule has 1 saturated heterocycles. The van der Waals surface area contributed by atoms with Crippen LogP contribution in [-0.2, 0) is 14.8 Å². The maximum atomic E-state index is 12.7. The minimum atomic E-state index is -3.51. The number of hydrogen-bond acceptors (Lipinski definition) is 5. The molecule has 7 nitrogen and oxygen atoms in total. The van der Waals surface area contributed by atoms with Crippen molar-refractivity contribution in [2.75, 3.05) is 25.5 Å². The molecule has 1 aliphatic rings. The molecule has 2 aromatic carbocycles. The molecule has 0 spiro atoms. The zero-order chi connectivity index (χ0) is 20.1. The van der Waals surface area contributed by atoms with Gasteiger partial charge < -0.3 is 10.1 Å². The second-order valence-electron chi connectivity index (χ2n) is 6.52. The average molecular weight is 402 g/mol. The number of benzene rings is 2. The maximum Gasteiger partial charge on any atom is 0.337 e. The van der Waals surface area contributed by atoms with E-state index in [0.29, 0.717) is 24.3 Å². The fraction of sp³-hybridized carbons (Fsp3) is 0.300. The van der Waals surface area contributed by atoms with Gasteiger partial charge in [-0.05, 0) is 55.3 Å². The van der Waals surface area contributed by atoms with Crippen LogP contribution in [0.4, 0.5) is 5.69 Å². The number of hydrogen-bond donors (Lipinski definition) is 1. The van der Waals surface area contributed by atoms with Gasteiger partial charge in [0.25, 0.3) is 5.91 Å². The lowest BCUT2D eigenvalue weighted by atomic mass is 10.1. The highest BCUT2D eigenvalue weighted by atomic mass is 32.2. The Morgan fingerprint density at radius 2 is 1.61 bits per heavy atom.